The van der Waals surface area contributed by atoms with E-state index in [1.807, 2.05) is 25.7 Å². The van der Waals surface area contributed by atoms with Crippen molar-refractivity contribution in [3.05, 3.63) is 0 Å². The monoisotopic (exact) mass is 352 g/mol. The van der Waals surface area contributed by atoms with Gasteiger partial charge in [0.25, 0.3) is 0 Å². The summed E-state index contributed by atoms with van der Waals surface area (Å²) in [5.41, 5.74) is -0.398. The van der Waals surface area contributed by atoms with E-state index in [9.17, 15) is 4.79 Å². The molecular formula is C21H40N2O2. The number of rotatable bonds is 4. The highest BCUT2D eigenvalue weighted by atomic mass is 16.6. The highest BCUT2D eigenvalue weighted by molar-refractivity contribution is 5.68. The van der Waals surface area contributed by atoms with Gasteiger partial charge in [-0.25, -0.2) is 4.79 Å². The van der Waals surface area contributed by atoms with Gasteiger partial charge >= 0.3 is 6.09 Å². The van der Waals surface area contributed by atoms with Gasteiger partial charge in [0.1, 0.15) is 5.60 Å². The number of carbonyl (C=O) groups is 1. The molecule has 2 rings (SSSR count). The molecular weight excluding hydrogens is 312 g/mol. The average molecular weight is 353 g/mol. The molecule has 0 aromatic rings. The summed E-state index contributed by atoms with van der Waals surface area (Å²) in [5.74, 6) is 2.38. The topological polar surface area (TPSA) is 32.8 Å². The van der Waals surface area contributed by atoms with Crippen LogP contribution >= 0.6 is 0 Å². The van der Waals surface area contributed by atoms with Crippen molar-refractivity contribution in [2.75, 3.05) is 26.2 Å². The van der Waals surface area contributed by atoms with Crippen LogP contribution in [-0.4, -0.2) is 53.7 Å². The van der Waals surface area contributed by atoms with Gasteiger partial charge < -0.3 is 14.5 Å². The van der Waals surface area contributed by atoms with Crippen LogP contribution in [0.4, 0.5) is 4.79 Å². The summed E-state index contributed by atoms with van der Waals surface area (Å²) in [6, 6.07) is 0.676. The molecule has 4 heteroatoms. The smallest absolute Gasteiger partial charge is 0.410 e. The molecule has 2 fully saturated rings. The molecule has 2 unspecified atom stereocenters. The Morgan fingerprint density at radius 3 is 2.28 bits per heavy atom. The number of ether oxygens (including phenoxy) is 1. The number of carbonyl (C=O) groups excluding carboxylic acids is 1. The standard InChI is InChI=1S/C21H40N2O2/c1-16(2)23-11-7-8-18(15-23)14-17(3)19-9-12-22(13-10-19)20(24)25-21(4,5)6/h16-19H,7-15H2,1-6H3. The number of likely N-dealkylation sites (tertiary alicyclic amines) is 2. The largest absolute Gasteiger partial charge is 0.444 e. The third-order valence-electron chi connectivity index (χ3n) is 5.98. The number of nitrogens with zero attached hydrogens (tertiary/aromatic N) is 2. The lowest BCUT2D eigenvalue weighted by Gasteiger charge is -2.39. The van der Waals surface area contributed by atoms with Crippen molar-refractivity contribution < 1.29 is 9.53 Å². The number of hydrogen-bond acceptors (Lipinski definition) is 3. The highest BCUT2D eigenvalue weighted by Crippen LogP contribution is 2.33. The van der Waals surface area contributed by atoms with Gasteiger partial charge in [-0.2, -0.15) is 0 Å². The molecule has 0 aromatic carbocycles. The molecule has 0 bridgehead atoms. The minimum atomic E-state index is -0.398. The van der Waals surface area contributed by atoms with E-state index < -0.39 is 5.60 Å². The Balaban J connectivity index is 1.75. The lowest BCUT2D eigenvalue weighted by molar-refractivity contribution is 0.0151. The van der Waals surface area contributed by atoms with Crippen LogP contribution in [0.5, 0.6) is 0 Å². The minimum Gasteiger partial charge on any atom is -0.444 e. The van der Waals surface area contributed by atoms with Crippen molar-refractivity contribution in [3.8, 4) is 0 Å². The molecule has 0 N–H and O–H groups in total. The van der Waals surface area contributed by atoms with Crippen LogP contribution < -0.4 is 0 Å². The molecule has 2 aliphatic heterocycles. The van der Waals surface area contributed by atoms with E-state index in [1.165, 1.54) is 32.4 Å². The van der Waals surface area contributed by atoms with Crippen molar-refractivity contribution in [2.24, 2.45) is 17.8 Å². The Morgan fingerprint density at radius 1 is 1.08 bits per heavy atom. The van der Waals surface area contributed by atoms with E-state index in [0.29, 0.717) is 6.04 Å². The molecule has 1 amide bonds. The fourth-order valence-corrected chi connectivity index (χ4v) is 4.45. The number of hydrogen-bond donors (Lipinski definition) is 0. The Hall–Kier alpha value is -0.770. The van der Waals surface area contributed by atoms with E-state index >= 15 is 0 Å². The Kier molecular flexibility index (Phi) is 7.19. The lowest BCUT2D eigenvalue weighted by Crippen LogP contribution is -2.43. The second-order valence-electron chi connectivity index (χ2n) is 9.61. The maximum atomic E-state index is 12.2. The zero-order valence-electron chi connectivity index (χ0n) is 17.4. The summed E-state index contributed by atoms with van der Waals surface area (Å²) in [7, 11) is 0. The van der Waals surface area contributed by atoms with Gasteiger partial charge in [0.2, 0.25) is 0 Å². The fourth-order valence-electron chi connectivity index (χ4n) is 4.45. The molecule has 0 spiro atoms. The first kappa shape index (κ1) is 20.5. The van der Waals surface area contributed by atoms with Gasteiger partial charge in [-0.15, -0.1) is 0 Å². The highest BCUT2D eigenvalue weighted by Gasteiger charge is 2.31. The van der Waals surface area contributed by atoms with Crippen molar-refractivity contribution in [3.63, 3.8) is 0 Å². The van der Waals surface area contributed by atoms with Crippen LogP contribution in [0.3, 0.4) is 0 Å². The van der Waals surface area contributed by atoms with Crippen LogP contribution in [0, 0.1) is 17.8 Å². The molecule has 0 aromatic heterocycles. The summed E-state index contributed by atoms with van der Waals surface area (Å²) in [4.78, 5) is 16.7. The third-order valence-corrected chi connectivity index (χ3v) is 5.98. The van der Waals surface area contributed by atoms with Gasteiger partial charge in [-0.1, -0.05) is 6.92 Å². The van der Waals surface area contributed by atoms with Gasteiger partial charge in [-0.05, 0) is 91.0 Å². The van der Waals surface area contributed by atoms with E-state index in [0.717, 1.165) is 43.7 Å². The average Bonchev–Trinajstić information content (AvgIpc) is 2.53. The second-order valence-corrected chi connectivity index (χ2v) is 9.61. The molecule has 2 atom stereocenters. The van der Waals surface area contributed by atoms with Gasteiger partial charge in [-0.3, -0.25) is 0 Å². The van der Waals surface area contributed by atoms with Crippen LogP contribution in [0.1, 0.15) is 73.6 Å². The third kappa shape index (κ3) is 6.47. The van der Waals surface area contributed by atoms with Crippen molar-refractivity contribution >= 4 is 6.09 Å². The van der Waals surface area contributed by atoms with Crippen LogP contribution in [0.15, 0.2) is 0 Å². The van der Waals surface area contributed by atoms with E-state index in [4.69, 9.17) is 4.74 Å². The molecule has 0 radical (unpaired) electrons. The molecule has 4 nitrogen and oxygen atoms in total. The van der Waals surface area contributed by atoms with Crippen molar-refractivity contribution in [1.82, 2.24) is 9.80 Å². The van der Waals surface area contributed by atoms with Crippen molar-refractivity contribution in [1.29, 1.82) is 0 Å². The molecule has 2 saturated heterocycles. The first-order chi connectivity index (χ1) is 11.7. The minimum absolute atomic E-state index is 0.140. The van der Waals surface area contributed by atoms with Crippen LogP contribution in [0.2, 0.25) is 0 Å². The Bertz CT molecular complexity index is 422. The Labute approximate surface area is 155 Å². The molecule has 2 heterocycles. The number of piperidine rings is 2. The summed E-state index contributed by atoms with van der Waals surface area (Å²) in [6.45, 7) is 17.1. The molecule has 0 aliphatic carbocycles. The summed E-state index contributed by atoms with van der Waals surface area (Å²) >= 11 is 0. The molecule has 146 valence electrons. The SMILES string of the molecule is CC(CC1CCCN(C(C)C)C1)C1CCN(C(=O)OC(C)(C)C)CC1. The predicted octanol–water partition coefficient (Wildman–Crippen LogP) is 4.78. The lowest BCUT2D eigenvalue weighted by atomic mass is 9.78. The molecule has 25 heavy (non-hydrogen) atoms. The van der Waals surface area contributed by atoms with E-state index in [2.05, 4.69) is 25.7 Å². The normalized spacial score (nSPS) is 25.2. The van der Waals surface area contributed by atoms with Crippen LogP contribution in [0.25, 0.3) is 0 Å². The quantitative estimate of drug-likeness (QED) is 0.730. The van der Waals surface area contributed by atoms with Crippen molar-refractivity contribution in [2.45, 2.75) is 85.3 Å². The summed E-state index contributed by atoms with van der Waals surface area (Å²) in [5, 5.41) is 0. The number of amides is 1. The van der Waals surface area contributed by atoms with Gasteiger partial charge in [0.05, 0.1) is 0 Å². The fraction of sp³-hybridized carbons (Fsp3) is 0.952. The van der Waals surface area contributed by atoms with E-state index in [1.54, 1.807) is 0 Å². The maximum absolute atomic E-state index is 12.2. The predicted molar refractivity (Wildman–Crippen MR) is 104 cm³/mol. The zero-order valence-corrected chi connectivity index (χ0v) is 17.4. The van der Waals surface area contributed by atoms with Gasteiger partial charge in [0, 0.05) is 25.7 Å². The first-order valence-electron chi connectivity index (χ1n) is 10.4. The molecule has 0 saturated carbocycles. The van der Waals surface area contributed by atoms with Crippen LogP contribution in [-0.2, 0) is 4.74 Å². The first-order valence-corrected chi connectivity index (χ1v) is 10.4. The van der Waals surface area contributed by atoms with E-state index in [-0.39, 0.29) is 6.09 Å². The second kappa shape index (κ2) is 8.75. The summed E-state index contributed by atoms with van der Waals surface area (Å²) in [6.07, 6.45) is 6.21. The molecule has 2 aliphatic rings. The Morgan fingerprint density at radius 2 is 1.72 bits per heavy atom. The van der Waals surface area contributed by atoms with Gasteiger partial charge in [0.15, 0.2) is 0 Å². The maximum Gasteiger partial charge on any atom is 0.410 e. The zero-order chi connectivity index (χ0) is 18.6. The summed E-state index contributed by atoms with van der Waals surface area (Å²) < 4.78 is 5.51.